The van der Waals surface area contributed by atoms with Crippen LogP contribution in [0.2, 0.25) is 0 Å². The highest BCUT2D eigenvalue weighted by Crippen LogP contribution is 2.31. The normalized spacial score (nSPS) is 15.3. The molecule has 25 heavy (non-hydrogen) atoms. The Labute approximate surface area is 140 Å². The average molecular weight is 380 g/mol. The van der Waals surface area contributed by atoms with E-state index >= 15 is 0 Å². The first kappa shape index (κ1) is 19.2. The molecule has 1 heterocycles. The maximum Gasteiger partial charge on any atom is 0.402 e. The molecule has 11 heteroatoms. The van der Waals surface area contributed by atoms with Crippen LogP contribution in [0.1, 0.15) is 18.2 Å². The fraction of sp³-hybridized carbons (Fsp3) is 0.429. The summed E-state index contributed by atoms with van der Waals surface area (Å²) in [6, 6.07) is 3.97. The standard InChI is InChI=1S/C14H15F3N2O5S/c1-8-3-10-9(4-11(8)19(21)22)5-12(18-10)13(2,20)6-25(23,24)7-14(15,16)17/h3-5,18,20H,6-7H2,1-2H3. The Morgan fingerprint density at radius 3 is 2.36 bits per heavy atom. The number of aromatic amines is 1. The molecule has 1 aromatic carbocycles. The van der Waals surface area contributed by atoms with E-state index in [4.69, 9.17) is 0 Å². The van der Waals surface area contributed by atoms with Crippen LogP contribution in [0.25, 0.3) is 10.9 Å². The molecule has 2 N–H and O–H groups in total. The second kappa shape index (κ2) is 5.99. The number of H-pyrrole nitrogens is 1. The van der Waals surface area contributed by atoms with Gasteiger partial charge in [-0.25, -0.2) is 8.42 Å². The molecule has 0 spiro atoms. The molecule has 0 radical (unpaired) electrons. The number of nitro groups is 1. The molecular weight excluding hydrogens is 365 g/mol. The zero-order chi connectivity index (χ0) is 19.2. The van der Waals surface area contributed by atoms with E-state index in [1.165, 1.54) is 25.1 Å². The largest absolute Gasteiger partial charge is 0.402 e. The number of rotatable bonds is 5. The minimum atomic E-state index is -4.91. The van der Waals surface area contributed by atoms with Crippen molar-refractivity contribution < 1.29 is 31.6 Å². The molecule has 0 amide bonds. The average Bonchev–Trinajstić information content (AvgIpc) is 2.76. The van der Waals surface area contributed by atoms with E-state index in [9.17, 15) is 36.8 Å². The van der Waals surface area contributed by atoms with Gasteiger partial charge in [0.1, 0.15) is 11.4 Å². The van der Waals surface area contributed by atoms with Crippen LogP contribution >= 0.6 is 0 Å². The highest BCUT2D eigenvalue weighted by molar-refractivity contribution is 7.91. The summed E-state index contributed by atoms with van der Waals surface area (Å²) in [5, 5.41) is 21.6. The lowest BCUT2D eigenvalue weighted by Gasteiger charge is -2.22. The third-order valence-electron chi connectivity index (χ3n) is 3.60. The number of aryl methyl sites for hydroxylation is 1. The third kappa shape index (κ3) is 4.48. The molecule has 1 aromatic heterocycles. The van der Waals surface area contributed by atoms with Crippen molar-refractivity contribution in [3.63, 3.8) is 0 Å². The predicted octanol–water partition coefficient (Wildman–Crippen LogP) is 2.57. The number of sulfone groups is 1. The van der Waals surface area contributed by atoms with Crippen LogP contribution in [0.4, 0.5) is 18.9 Å². The Hall–Kier alpha value is -2.14. The van der Waals surface area contributed by atoms with E-state index in [0.29, 0.717) is 16.5 Å². The Balaban J connectivity index is 2.41. The summed E-state index contributed by atoms with van der Waals surface area (Å²) in [5.74, 6) is -3.19. The lowest BCUT2D eigenvalue weighted by Crippen LogP contribution is -2.36. The van der Waals surface area contributed by atoms with Crippen LogP contribution in [0.5, 0.6) is 0 Å². The van der Waals surface area contributed by atoms with Gasteiger partial charge in [0, 0.05) is 28.2 Å². The maximum atomic E-state index is 12.3. The SMILES string of the molecule is Cc1cc2[nH]c(C(C)(O)CS(=O)(=O)CC(F)(F)F)cc2cc1[N+](=O)[O-]. The van der Waals surface area contributed by atoms with Crippen molar-refractivity contribution in [2.45, 2.75) is 25.6 Å². The number of nitro benzene ring substituents is 1. The topological polar surface area (TPSA) is 113 Å². The molecule has 0 bridgehead atoms. The first-order chi connectivity index (χ1) is 11.2. The van der Waals surface area contributed by atoms with E-state index < -0.39 is 38.0 Å². The molecule has 7 nitrogen and oxygen atoms in total. The van der Waals surface area contributed by atoms with Crippen molar-refractivity contribution in [2.24, 2.45) is 0 Å². The monoisotopic (exact) mass is 380 g/mol. The Morgan fingerprint density at radius 1 is 1.24 bits per heavy atom. The number of aromatic nitrogens is 1. The van der Waals surface area contributed by atoms with Gasteiger partial charge in [0.2, 0.25) is 0 Å². The summed E-state index contributed by atoms with van der Waals surface area (Å²) < 4.78 is 60.3. The first-order valence-electron chi connectivity index (χ1n) is 6.98. The molecule has 0 aliphatic carbocycles. The van der Waals surface area contributed by atoms with Crippen LogP contribution in [-0.2, 0) is 15.4 Å². The van der Waals surface area contributed by atoms with E-state index in [2.05, 4.69) is 4.98 Å². The Bertz CT molecular complexity index is 932. The number of hydrogen-bond acceptors (Lipinski definition) is 5. The number of alkyl halides is 3. The molecule has 2 rings (SSSR count). The van der Waals surface area contributed by atoms with Crippen molar-refractivity contribution in [1.82, 2.24) is 4.98 Å². The summed E-state index contributed by atoms with van der Waals surface area (Å²) in [4.78, 5) is 13.1. The number of nitrogens with one attached hydrogen (secondary N) is 1. The Morgan fingerprint density at radius 2 is 1.84 bits per heavy atom. The van der Waals surface area contributed by atoms with E-state index in [1.807, 2.05) is 0 Å². The minimum absolute atomic E-state index is 0.0480. The molecular formula is C14H15F3N2O5S. The number of fused-ring (bicyclic) bond motifs is 1. The van der Waals surface area contributed by atoms with Crippen LogP contribution in [0.15, 0.2) is 18.2 Å². The smallest absolute Gasteiger partial charge is 0.383 e. The molecule has 1 atom stereocenters. The lowest BCUT2D eigenvalue weighted by molar-refractivity contribution is -0.385. The second-order valence-electron chi connectivity index (χ2n) is 6.09. The first-order valence-corrected chi connectivity index (χ1v) is 8.80. The molecule has 0 saturated carbocycles. The van der Waals surface area contributed by atoms with Crippen LogP contribution in [0, 0.1) is 17.0 Å². The van der Waals surface area contributed by atoms with Gasteiger partial charge in [-0.1, -0.05) is 0 Å². The third-order valence-corrected chi connectivity index (χ3v) is 5.37. The van der Waals surface area contributed by atoms with Crippen molar-refractivity contribution >= 4 is 26.4 Å². The van der Waals surface area contributed by atoms with Gasteiger partial charge in [0.05, 0.1) is 10.7 Å². The molecule has 0 fully saturated rings. The number of benzene rings is 1. The van der Waals surface area contributed by atoms with Gasteiger partial charge in [-0.3, -0.25) is 10.1 Å². The summed E-state index contributed by atoms with van der Waals surface area (Å²) in [5.41, 5.74) is -1.59. The highest BCUT2D eigenvalue weighted by Gasteiger charge is 2.40. The molecule has 0 aliphatic rings. The van der Waals surface area contributed by atoms with E-state index in [0.717, 1.165) is 6.92 Å². The summed E-state index contributed by atoms with van der Waals surface area (Å²) in [7, 11) is -4.62. The minimum Gasteiger partial charge on any atom is -0.383 e. The number of hydrogen-bond donors (Lipinski definition) is 2. The quantitative estimate of drug-likeness (QED) is 0.611. The highest BCUT2D eigenvalue weighted by atomic mass is 32.2. The van der Waals surface area contributed by atoms with Crippen molar-refractivity contribution in [3.8, 4) is 0 Å². The van der Waals surface area contributed by atoms with E-state index in [1.54, 1.807) is 0 Å². The lowest BCUT2D eigenvalue weighted by atomic mass is 10.1. The van der Waals surface area contributed by atoms with Crippen LogP contribution < -0.4 is 0 Å². The Kier molecular flexibility index (Phi) is 4.60. The second-order valence-corrected chi connectivity index (χ2v) is 8.15. The van der Waals surface area contributed by atoms with Gasteiger partial charge in [-0.05, 0) is 26.0 Å². The van der Waals surface area contributed by atoms with Crippen molar-refractivity contribution in [2.75, 3.05) is 11.5 Å². The molecule has 138 valence electrons. The molecule has 0 aliphatic heterocycles. The molecule has 0 saturated heterocycles. The van der Waals surface area contributed by atoms with Gasteiger partial charge in [-0.2, -0.15) is 13.2 Å². The maximum absolute atomic E-state index is 12.3. The van der Waals surface area contributed by atoms with Gasteiger partial charge in [0.15, 0.2) is 9.84 Å². The summed E-state index contributed by atoms with van der Waals surface area (Å²) in [6.45, 7) is 2.57. The fourth-order valence-electron chi connectivity index (χ4n) is 2.57. The van der Waals surface area contributed by atoms with Gasteiger partial charge in [-0.15, -0.1) is 0 Å². The summed E-state index contributed by atoms with van der Waals surface area (Å²) in [6.07, 6.45) is -4.91. The van der Waals surface area contributed by atoms with Crippen LogP contribution in [0.3, 0.4) is 0 Å². The zero-order valence-corrected chi connectivity index (χ0v) is 14.0. The zero-order valence-electron chi connectivity index (χ0n) is 13.2. The number of aliphatic hydroxyl groups is 1. The molecule has 2 aromatic rings. The predicted molar refractivity (Wildman–Crippen MR) is 84.0 cm³/mol. The fourth-order valence-corrected chi connectivity index (χ4v) is 4.18. The number of nitrogens with zero attached hydrogens (tertiary/aromatic N) is 1. The van der Waals surface area contributed by atoms with Gasteiger partial charge < -0.3 is 10.1 Å². The molecule has 1 unspecified atom stereocenters. The van der Waals surface area contributed by atoms with Crippen LogP contribution in [-0.4, -0.2) is 41.1 Å². The van der Waals surface area contributed by atoms with Gasteiger partial charge in [0.25, 0.3) is 5.69 Å². The van der Waals surface area contributed by atoms with E-state index in [-0.39, 0.29) is 11.4 Å². The summed E-state index contributed by atoms with van der Waals surface area (Å²) >= 11 is 0. The van der Waals surface area contributed by atoms with Crippen molar-refractivity contribution in [1.29, 1.82) is 0 Å². The number of halogens is 3. The van der Waals surface area contributed by atoms with Crippen molar-refractivity contribution in [3.05, 3.63) is 39.6 Å². The van der Waals surface area contributed by atoms with Gasteiger partial charge >= 0.3 is 6.18 Å².